The van der Waals surface area contributed by atoms with E-state index in [1.54, 1.807) is 5.82 Å². The first-order chi connectivity index (χ1) is 17.8. The van der Waals surface area contributed by atoms with Gasteiger partial charge in [0.1, 0.15) is 12.4 Å². The highest BCUT2D eigenvalue weighted by molar-refractivity contribution is 4.84. The third-order valence-corrected chi connectivity index (χ3v) is 8.10. The van der Waals surface area contributed by atoms with Crippen molar-refractivity contribution < 1.29 is 4.57 Å². The van der Waals surface area contributed by atoms with E-state index in [0.29, 0.717) is 0 Å². The number of rotatable bonds is 28. The van der Waals surface area contributed by atoms with Crippen LogP contribution in [0.15, 0.2) is 12.4 Å². The minimum absolute atomic E-state index is 1.20. The quantitative estimate of drug-likeness (QED) is 0.0794. The Morgan fingerprint density at radius 3 is 1.31 bits per heavy atom. The number of hydrogen-bond acceptors (Lipinski definition) is 0. The van der Waals surface area contributed by atoms with Gasteiger partial charge in [0.15, 0.2) is 0 Å². The first-order valence-corrected chi connectivity index (χ1v) is 16.9. The van der Waals surface area contributed by atoms with E-state index < -0.39 is 0 Å². The van der Waals surface area contributed by atoms with Crippen LogP contribution in [0.2, 0.25) is 0 Å². The fourth-order valence-electron chi connectivity index (χ4n) is 5.59. The van der Waals surface area contributed by atoms with Crippen LogP contribution in [0.3, 0.4) is 0 Å². The van der Waals surface area contributed by atoms with Crippen molar-refractivity contribution in [1.82, 2.24) is 4.57 Å². The number of hydrogen-bond donors (Lipinski definition) is 0. The summed E-state index contributed by atoms with van der Waals surface area (Å²) in [5.74, 6) is 1.60. The van der Waals surface area contributed by atoms with Gasteiger partial charge in [-0.15, -0.1) is 0 Å². The Bertz CT molecular complexity index is 562. The van der Waals surface area contributed by atoms with E-state index >= 15 is 0 Å². The first kappa shape index (κ1) is 33.2. The summed E-state index contributed by atoms with van der Waals surface area (Å²) in [5.41, 5.74) is 0. The van der Waals surface area contributed by atoms with Crippen LogP contribution >= 0.6 is 0 Å². The monoisotopic (exact) mass is 504 g/mol. The Morgan fingerprint density at radius 2 is 0.861 bits per heavy atom. The van der Waals surface area contributed by atoms with Crippen LogP contribution in [0.5, 0.6) is 0 Å². The SMILES string of the molecule is CCCCCCCCCCCCCCCCc1n(CCCC)cc[n+]1CCCCCCCCCCC. The Balaban J connectivity index is 2.14. The maximum atomic E-state index is 2.60. The molecule has 1 heterocycles. The highest BCUT2D eigenvalue weighted by Gasteiger charge is 2.16. The molecule has 0 saturated heterocycles. The number of nitrogens with zero attached hydrogens (tertiary/aromatic N) is 2. The topological polar surface area (TPSA) is 8.81 Å². The van der Waals surface area contributed by atoms with E-state index in [-0.39, 0.29) is 0 Å². The fraction of sp³-hybridized carbons (Fsp3) is 0.912. The fourth-order valence-corrected chi connectivity index (χ4v) is 5.59. The molecule has 0 atom stereocenters. The molecule has 0 radical (unpaired) electrons. The van der Waals surface area contributed by atoms with Gasteiger partial charge in [0.25, 0.3) is 5.82 Å². The van der Waals surface area contributed by atoms with E-state index in [9.17, 15) is 0 Å². The van der Waals surface area contributed by atoms with Crippen molar-refractivity contribution in [3.05, 3.63) is 18.2 Å². The summed E-state index contributed by atoms with van der Waals surface area (Å²) in [4.78, 5) is 0. The zero-order valence-electron chi connectivity index (χ0n) is 25.3. The van der Waals surface area contributed by atoms with E-state index in [4.69, 9.17) is 0 Å². The smallest absolute Gasteiger partial charge is 0.234 e. The Hall–Kier alpha value is -0.790. The van der Waals surface area contributed by atoms with Gasteiger partial charge in [-0.25, -0.2) is 9.13 Å². The van der Waals surface area contributed by atoms with E-state index in [1.807, 2.05) is 0 Å². The van der Waals surface area contributed by atoms with Crippen molar-refractivity contribution in [2.75, 3.05) is 0 Å². The van der Waals surface area contributed by atoms with Crippen LogP contribution in [0, 0.1) is 0 Å². The number of unbranched alkanes of at least 4 members (excludes halogenated alkanes) is 22. The number of aryl methyl sites for hydroxylation is 2. The van der Waals surface area contributed by atoms with Crippen molar-refractivity contribution in [1.29, 1.82) is 0 Å². The van der Waals surface area contributed by atoms with Crippen LogP contribution in [0.4, 0.5) is 0 Å². The van der Waals surface area contributed by atoms with Gasteiger partial charge in [0.2, 0.25) is 0 Å². The van der Waals surface area contributed by atoms with E-state index in [1.165, 1.54) is 180 Å². The molecular weight excluding hydrogens is 436 g/mol. The normalized spacial score (nSPS) is 11.5. The van der Waals surface area contributed by atoms with E-state index in [2.05, 4.69) is 42.3 Å². The molecule has 0 aromatic carbocycles. The molecule has 0 spiro atoms. The molecule has 0 N–H and O–H groups in total. The second-order valence-electron chi connectivity index (χ2n) is 11.6. The highest BCUT2D eigenvalue weighted by atomic mass is 15.1. The molecule has 2 heteroatoms. The molecule has 0 bridgehead atoms. The molecule has 0 aliphatic heterocycles. The molecule has 1 aromatic heterocycles. The van der Waals surface area contributed by atoms with Crippen LogP contribution in [0.25, 0.3) is 0 Å². The van der Waals surface area contributed by atoms with Gasteiger partial charge >= 0.3 is 0 Å². The summed E-state index contributed by atoms with van der Waals surface area (Å²) >= 11 is 0. The maximum absolute atomic E-state index is 2.60. The third-order valence-electron chi connectivity index (χ3n) is 8.10. The van der Waals surface area contributed by atoms with Gasteiger partial charge in [-0.3, -0.25) is 0 Å². The molecule has 0 aliphatic carbocycles. The maximum Gasteiger partial charge on any atom is 0.256 e. The molecule has 212 valence electrons. The Labute approximate surface area is 228 Å². The first-order valence-electron chi connectivity index (χ1n) is 16.9. The minimum Gasteiger partial charge on any atom is -0.234 e. The summed E-state index contributed by atoms with van der Waals surface area (Å²) in [7, 11) is 0. The molecule has 0 amide bonds. The average molecular weight is 504 g/mol. The largest absolute Gasteiger partial charge is 0.256 e. The lowest BCUT2D eigenvalue weighted by Crippen LogP contribution is -2.37. The molecule has 2 nitrogen and oxygen atoms in total. The summed E-state index contributed by atoms with van der Waals surface area (Å²) in [6, 6.07) is 0. The molecule has 1 rings (SSSR count). The molecule has 0 fully saturated rings. The van der Waals surface area contributed by atoms with Gasteiger partial charge in [-0.2, -0.15) is 0 Å². The standard InChI is InChI=1S/C34H67N2/c1-4-7-10-12-14-16-17-18-19-20-21-23-25-27-29-34-35(30-9-6-3)32-33-36(34)31-28-26-24-22-15-13-11-8-5-2/h32-33H,4-31H2,1-3H3/q+1. The van der Waals surface area contributed by atoms with Crippen molar-refractivity contribution in [2.45, 2.75) is 201 Å². The summed E-state index contributed by atoms with van der Waals surface area (Å²) in [6.07, 6.45) is 41.5. The second-order valence-corrected chi connectivity index (χ2v) is 11.6. The van der Waals surface area contributed by atoms with Crippen LogP contribution in [0.1, 0.15) is 187 Å². The Morgan fingerprint density at radius 1 is 0.472 bits per heavy atom. The molecule has 1 aromatic rings. The lowest BCUT2D eigenvalue weighted by molar-refractivity contribution is -0.704. The zero-order chi connectivity index (χ0) is 25.9. The summed E-state index contributed by atoms with van der Waals surface area (Å²) in [5, 5.41) is 0. The minimum atomic E-state index is 1.20. The van der Waals surface area contributed by atoms with Gasteiger partial charge < -0.3 is 0 Å². The predicted molar refractivity (Wildman–Crippen MR) is 161 cm³/mol. The van der Waals surface area contributed by atoms with Crippen molar-refractivity contribution in [2.24, 2.45) is 0 Å². The average Bonchev–Trinajstić information content (AvgIpc) is 3.27. The zero-order valence-corrected chi connectivity index (χ0v) is 25.3. The predicted octanol–water partition coefficient (Wildman–Crippen LogP) is 11.1. The van der Waals surface area contributed by atoms with Gasteiger partial charge in [0.05, 0.1) is 13.1 Å². The molecule has 0 aliphatic rings. The summed E-state index contributed by atoms with van der Waals surface area (Å²) in [6.45, 7) is 9.35. The van der Waals surface area contributed by atoms with Crippen molar-refractivity contribution in [3.8, 4) is 0 Å². The van der Waals surface area contributed by atoms with Crippen LogP contribution in [-0.4, -0.2) is 4.57 Å². The number of aromatic nitrogens is 2. The molecule has 36 heavy (non-hydrogen) atoms. The molecule has 0 unspecified atom stereocenters. The van der Waals surface area contributed by atoms with Gasteiger partial charge in [0, 0.05) is 6.42 Å². The van der Waals surface area contributed by atoms with Gasteiger partial charge in [-0.1, -0.05) is 156 Å². The highest BCUT2D eigenvalue weighted by Crippen LogP contribution is 2.14. The van der Waals surface area contributed by atoms with Crippen molar-refractivity contribution >= 4 is 0 Å². The second kappa shape index (κ2) is 25.8. The van der Waals surface area contributed by atoms with Crippen LogP contribution in [-0.2, 0) is 19.5 Å². The van der Waals surface area contributed by atoms with Crippen molar-refractivity contribution in [3.63, 3.8) is 0 Å². The third kappa shape index (κ3) is 18.5. The lowest BCUT2D eigenvalue weighted by atomic mass is 10.0. The van der Waals surface area contributed by atoms with Gasteiger partial charge in [-0.05, 0) is 25.7 Å². The van der Waals surface area contributed by atoms with Crippen LogP contribution < -0.4 is 4.57 Å². The van der Waals surface area contributed by atoms with E-state index in [0.717, 1.165) is 0 Å². The molecular formula is C34H67N2+. The lowest BCUT2D eigenvalue weighted by Gasteiger charge is -2.07. The molecule has 0 saturated carbocycles. The summed E-state index contributed by atoms with van der Waals surface area (Å²) < 4.78 is 5.17. The Kier molecular flexibility index (Phi) is 23.9. The number of imidazole rings is 1.